The lowest BCUT2D eigenvalue weighted by molar-refractivity contribution is -0.129. The summed E-state index contributed by atoms with van der Waals surface area (Å²) in [6.45, 7) is 5.15. The maximum atomic E-state index is 12.3. The third-order valence-electron chi connectivity index (χ3n) is 2.98. The second-order valence-electron chi connectivity index (χ2n) is 4.49. The van der Waals surface area contributed by atoms with E-state index in [9.17, 15) is 13.2 Å². The van der Waals surface area contributed by atoms with E-state index in [1.807, 2.05) is 0 Å². The maximum Gasteiger partial charge on any atom is 0.267 e. The van der Waals surface area contributed by atoms with Gasteiger partial charge in [-0.2, -0.15) is 0 Å². The van der Waals surface area contributed by atoms with Crippen molar-refractivity contribution >= 4 is 15.9 Å². The molecule has 1 unspecified atom stereocenters. The van der Waals surface area contributed by atoms with Gasteiger partial charge in [0.15, 0.2) is 0 Å². The standard InChI is InChI=1S/C12H15NO3S/c1-8(2)13-12(14)9(3)10-6-4-5-7-11(10)17(13,15)16/h4-9H,1-3H3. The first-order valence-corrected chi connectivity index (χ1v) is 6.98. The van der Waals surface area contributed by atoms with Crippen molar-refractivity contribution in [3.05, 3.63) is 29.8 Å². The van der Waals surface area contributed by atoms with Crippen molar-refractivity contribution in [2.45, 2.75) is 37.6 Å². The van der Waals surface area contributed by atoms with Crippen LogP contribution in [0.25, 0.3) is 0 Å². The summed E-state index contributed by atoms with van der Waals surface area (Å²) in [4.78, 5) is 12.3. The third kappa shape index (κ3) is 1.65. The Balaban J connectivity index is 2.73. The zero-order valence-electron chi connectivity index (χ0n) is 10.0. The molecule has 0 saturated heterocycles. The Bertz CT molecular complexity index is 563. The largest absolute Gasteiger partial charge is 0.273 e. The molecule has 0 N–H and O–H groups in total. The Morgan fingerprint density at radius 1 is 1.24 bits per heavy atom. The highest BCUT2D eigenvalue weighted by atomic mass is 32.2. The number of nitrogens with zero attached hydrogens (tertiary/aromatic N) is 1. The Morgan fingerprint density at radius 3 is 2.41 bits per heavy atom. The normalized spacial score (nSPS) is 22.7. The van der Waals surface area contributed by atoms with E-state index < -0.39 is 15.9 Å². The first-order chi connectivity index (χ1) is 7.87. The van der Waals surface area contributed by atoms with E-state index in [0.717, 1.165) is 4.31 Å². The Morgan fingerprint density at radius 2 is 1.82 bits per heavy atom. The number of fused-ring (bicyclic) bond motifs is 1. The van der Waals surface area contributed by atoms with Gasteiger partial charge in [-0.25, -0.2) is 12.7 Å². The average Bonchev–Trinajstić information content (AvgIpc) is 2.25. The molecule has 1 aliphatic rings. The van der Waals surface area contributed by atoms with Gasteiger partial charge in [-0.3, -0.25) is 4.79 Å². The topological polar surface area (TPSA) is 54.5 Å². The van der Waals surface area contributed by atoms with Crippen molar-refractivity contribution in [1.82, 2.24) is 4.31 Å². The van der Waals surface area contributed by atoms with E-state index in [0.29, 0.717) is 5.56 Å². The van der Waals surface area contributed by atoms with Crippen molar-refractivity contribution in [2.24, 2.45) is 0 Å². The first-order valence-electron chi connectivity index (χ1n) is 5.54. The molecule has 0 bridgehead atoms. The van der Waals surface area contributed by atoms with Gasteiger partial charge in [0, 0.05) is 6.04 Å². The number of sulfonamides is 1. The number of benzene rings is 1. The number of amides is 1. The van der Waals surface area contributed by atoms with E-state index in [-0.39, 0.29) is 16.8 Å². The van der Waals surface area contributed by atoms with Crippen LogP contribution in [0.5, 0.6) is 0 Å². The van der Waals surface area contributed by atoms with Crippen LogP contribution >= 0.6 is 0 Å². The summed E-state index contributed by atoms with van der Waals surface area (Å²) in [5.41, 5.74) is 0.592. The monoisotopic (exact) mass is 253 g/mol. The van der Waals surface area contributed by atoms with Gasteiger partial charge < -0.3 is 0 Å². The summed E-state index contributed by atoms with van der Waals surface area (Å²) in [5.74, 6) is -0.754. The molecule has 1 aliphatic heterocycles. The molecule has 0 fully saturated rings. The van der Waals surface area contributed by atoms with Crippen molar-refractivity contribution in [3.63, 3.8) is 0 Å². The molecule has 1 heterocycles. The molecule has 1 amide bonds. The lowest BCUT2D eigenvalue weighted by atomic mass is 10.00. The average molecular weight is 253 g/mol. The molecule has 1 atom stereocenters. The van der Waals surface area contributed by atoms with Gasteiger partial charge in [-0.15, -0.1) is 0 Å². The van der Waals surface area contributed by atoms with Crippen LogP contribution in [0, 0.1) is 0 Å². The number of hydrogen-bond donors (Lipinski definition) is 0. The Labute approximate surface area is 101 Å². The van der Waals surface area contributed by atoms with Crippen molar-refractivity contribution in [2.75, 3.05) is 0 Å². The molecular weight excluding hydrogens is 238 g/mol. The summed E-state index contributed by atoms with van der Waals surface area (Å²) in [7, 11) is -3.68. The van der Waals surface area contributed by atoms with Crippen LogP contribution in [0.3, 0.4) is 0 Å². The highest BCUT2D eigenvalue weighted by Gasteiger charge is 2.41. The number of rotatable bonds is 1. The van der Waals surface area contributed by atoms with Gasteiger partial charge in [0.25, 0.3) is 10.0 Å². The maximum absolute atomic E-state index is 12.3. The molecule has 4 nitrogen and oxygen atoms in total. The van der Waals surface area contributed by atoms with Gasteiger partial charge in [0.05, 0.1) is 10.8 Å². The zero-order chi connectivity index (χ0) is 12.8. The smallest absolute Gasteiger partial charge is 0.267 e. The minimum atomic E-state index is -3.68. The zero-order valence-corrected chi connectivity index (χ0v) is 10.9. The van der Waals surface area contributed by atoms with E-state index >= 15 is 0 Å². The van der Waals surface area contributed by atoms with Gasteiger partial charge in [0.2, 0.25) is 5.91 Å². The van der Waals surface area contributed by atoms with Crippen LogP contribution < -0.4 is 0 Å². The molecule has 5 heteroatoms. The van der Waals surface area contributed by atoms with Crippen molar-refractivity contribution in [1.29, 1.82) is 0 Å². The number of carbonyl (C=O) groups is 1. The summed E-state index contributed by atoms with van der Waals surface area (Å²) in [6, 6.07) is 6.33. The molecule has 1 aromatic carbocycles. The van der Waals surface area contributed by atoms with Gasteiger partial charge in [0.1, 0.15) is 0 Å². The third-order valence-corrected chi connectivity index (χ3v) is 5.03. The summed E-state index contributed by atoms with van der Waals surface area (Å²) < 4.78 is 25.6. The molecule has 0 aliphatic carbocycles. The molecule has 0 radical (unpaired) electrons. The van der Waals surface area contributed by atoms with Crippen LogP contribution in [0.1, 0.15) is 32.3 Å². The fourth-order valence-electron chi connectivity index (χ4n) is 2.15. The van der Waals surface area contributed by atoms with E-state index in [1.165, 1.54) is 0 Å². The predicted molar refractivity (Wildman–Crippen MR) is 64.0 cm³/mol. The molecule has 0 aromatic heterocycles. The molecule has 2 rings (SSSR count). The van der Waals surface area contributed by atoms with Crippen LogP contribution in [-0.2, 0) is 14.8 Å². The lowest BCUT2D eigenvalue weighted by Crippen LogP contribution is -2.47. The minimum Gasteiger partial charge on any atom is -0.273 e. The van der Waals surface area contributed by atoms with Crippen LogP contribution in [0.4, 0.5) is 0 Å². The second kappa shape index (κ2) is 3.84. The van der Waals surface area contributed by atoms with Crippen LogP contribution in [0.2, 0.25) is 0 Å². The van der Waals surface area contributed by atoms with E-state index in [2.05, 4.69) is 0 Å². The highest BCUT2D eigenvalue weighted by molar-refractivity contribution is 7.89. The summed E-state index contributed by atoms with van der Waals surface area (Å²) in [6.07, 6.45) is 0. The fourth-order valence-corrected chi connectivity index (χ4v) is 4.11. The first kappa shape index (κ1) is 12.1. The predicted octanol–water partition coefficient (Wildman–Crippen LogP) is 1.73. The summed E-state index contributed by atoms with van der Waals surface area (Å²) in [5, 5.41) is 0. The van der Waals surface area contributed by atoms with E-state index in [1.54, 1.807) is 45.0 Å². The number of hydrogen-bond acceptors (Lipinski definition) is 3. The SMILES string of the molecule is CC1C(=O)N(C(C)C)S(=O)(=O)c2ccccc21. The van der Waals surface area contributed by atoms with Crippen LogP contribution in [-0.4, -0.2) is 24.7 Å². The lowest BCUT2D eigenvalue weighted by Gasteiger charge is -2.34. The number of carbonyl (C=O) groups excluding carboxylic acids is 1. The Kier molecular flexibility index (Phi) is 2.73. The van der Waals surface area contributed by atoms with Crippen molar-refractivity contribution < 1.29 is 13.2 Å². The highest BCUT2D eigenvalue weighted by Crippen LogP contribution is 2.35. The molecule has 0 spiro atoms. The van der Waals surface area contributed by atoms with Crippen LogP contribution in [0.15, 0.2) is 29.2 Å². The molecule has 1 aromatic rings. The van der Waals surface area contributed by atoms with Crippen molar-refractivity contribution in [3.8, 4) is 0 Å². The van der Waals surface area contributed by atoms with E-state index in [4.69, 9.17) is 0 Å². The fraction of sp³-hybridized carbons (Fsp3) is 0.417. The summed E-state index contributed by atoms with van der Waals surface area (Å²) >= 11 is 0. The molecular formula is C12H15NO3S. The molecule has 17 heavy (non-hydrogen) atoms. The second-order valence-corrected chi connectivity index (χ2v) is 6.28. The minimum absolute atomic E-state index is 0.251. The molecule has 92 valence electrons. The van der Waals surface area contributed by atoms with Gasteiger partial charge in [-0.1, -0.05) is 18.2 Å². The Hall–Kier alpha value is -1.36. The van der Waals surface area contributed by atoms with Gasteiger partial charge in [-0.05, 0) is 32.4 Å². The van der Waals surface area contributed by atoms with Gasteiger partial charge >= 0.3 is 0 Å². The molecule has 0 saturated carbocycles. The quantitative estimate of drug-likeness (QED) is 0.766.